The molecular formula is C12H22N2OS2. The molecule has 0 heterocycles. The first-order valence-corrected chi connectivity index (χ1v) is 7.71. The molecule has 1 aliphatic rings. The maximum Gasteiger partial charge on any atom is 0.232 e. The Balaban J connectivity index is 2.46. The molecule has 0 saturated heterocycles. The van der Waals surface area contributed by atoms with Gasteiger partial charge in [0.05, 0.1) is 10.4 Å². The summed E-state index contributed by atoms with van der Waals surface area (Å²) in [6.07, 6.45) is 6.63. The lowest BCUT2D eigenvalue weighted by Gasteiger charge is -2.31. The van der Waals surface area contributed by atoms with Crippen LogP contribution in [-0.2, 0) is 4.79 Å². The highest BCUT2D eigenvalue weighted by molar-refractivity contribution is 7.99. The predicted molar refractivity (Wildman–Crippen MR) is 78.3 cm³/mol. The van der Waals surface area contributed by atoms with E-state index in [0.717, 1.165) is 18.1 Å². The normalized spacial score (nSPS) is 25.4. The summed E-state index contributed by atoms with van der Waals surface area (Å²) in [5.74, 6) is -0.0439. The maximum absolute atomic E-state index is 12.0. The number of thioether (sulfide) groups is 1. The van der Waals surface area contributed by atoms with E-state index in [2.05, 4.69) is 11.6 Å². The molecule has 0 atom stereocenters. The van der Waals surface area contributed by atoms with Gasteiger partial charge in [-0.25, -0.2) is 0 Å². The van der Waals surface area contributed by atoms with Gasteiger partial charge in [0.15, 0.2) is 0 Å². The molecule has 0 aromatic heterocycles. The number of hydrogen-bond donors (Lipinski definition) is 2. The Labute approximate surface area is 113 Å². The van der Waals surface area contributed by atoms with E-state index >= 15 is 0 Å². The Morgan fingerprint density at radius 1 is 1.35 bits per heavy atom. The second kappa shape index (κ2) is 6.05. The van der Waals surface area contributed by atoms with Gasteiger partial charge in [0.25, 0.3) is 0 Å². The van der Waals surface area contributed by atoms with E-state index < -0.39 is 5.41 Å². The largest absolute Gasteiger partial charge is 0.392 e. The number of carbonyl (C=O) groups is 1. The highest BCUT2D eigenvalue weighted by Crippen LogP contribution is 2.27. The van der Waals surface area contributed by atoms with Crippen LogP contribution in [0, 0.1) is 5.41 Å². The fourth-order valence-corrected chi connectivity index (χ4v) is 2.76. The Hall–Kier alpha value is -0.290. The van der Waals surface area contributed by atoms with Gasteiger partial charge in [0.2, 0.25) is 5.91 Å². The lowest BCUT2D eigenvalue weighted by Crippen LogP contribution is -2.49. The minimum atomic E-state index is -0.744. The van der Waals surface area contributed by atoms with Crippen molar-refractivity contribution in [2.75, 3.05) is 6.26 Å². The van der Waals surface area contributed by atoms with Crippen LogP contribution < -0.4 is 11.1 Å². The van der Waals surface area contributed by atoms with Crippen molar-refractivity contribution in [1.82, 2.24) is 5.32 Å². The third-order valence-corrected chi connectivity index (χ3v) is 5.17. The summed E-state index contributed by atoms with van der Waals surface area (Å²) in [6, 6.07) is 0.291. The fraction of sp³-hybridized carbons (Fsp3) is 0.833. The smallest absolute Gasteiger partial charge is 0.232 e. The van der Waals surface area contributed by atoms with Gasteiger partial charge in [-0.1, -0.05) is 12.2 Å². The summed E-state index contributed by atoms with van der Waals surface area (Å²) in [4.78, 5) is 12.3. The van der Waals surface area contributed by atoms with Crippen LogP contribution in [0.2, 0.25) is 0 Å². The molecule has 0 aliphatic heterocycles. The minimum Gasteiger partial charge on any atom is -0.392 e. The number of thiocarbonyl (C=S) groups is 1. The molecule has 0 aromatic rings. The second-order valence-corrected chi connectivity index (χ2v) is 6.75. The number of amides is 1. The molecule has 98 valence electrons. The van der Waals surface area contributed by atoms with E-state index in [0.29, 0.717) is 6.04 Å². The number of hydrogen-bond acceptors (Lipinski definition) is 3. The minimum absolute atomic E-state index is 0.0439. The van der Waals surface area contributed by atoms with Crippen molar-refractivity contribution in [2.45, 2.75) is 50.8 Å². The third kappa shape index (κ3) is 3.85. The highest BCUT2D eigenvalue weighted by atomic mass is 32.2. The van der Waals surface area contributed by atoms with Crippen LogP contribution in [0.15, 0.2) is 0 Å². The first-order valence-electron chi connectivity index (χ1n) is 6.01. The van der Waals surface area contributed by atoms with Crippen LogP contribution in [0.3, 0.4) is 0 Å². The molecule has 5 heteroatoms. The average molecular weight is 274 g/mol. The number of nitrogens with two attached hydrogens (primary N) is 1. The molecule has 3 N–H and O–H groups in total. The monoisotopic (exact) mass is 274 g/mol. The van der Waals surface area contributed by atoms with E-state index in [-0.39, 0.29) is 10.9 Å². The van der Waals surface area contributed by atoms with Crippen LogP contribution in [0.4, 0.5) is 0 Å². The van der Waals surface area contributed by atoms with Gasteiger partial charge in [-0.15, -0.1) is 0 Å². The third-order valence-electron chi connectivity index (χ3n) is 3.53. The fourth-order valence-electron chi connectivity index (χ4n) is 1.92. The first-order chi connectivity index (χ1) is 7.87. The predicted octanol–water partition coefficient (Wildman–Crippen LogP) is 2.09. The molecule has 1 saturated carbocycles. The standard InChI is InChI=1S/C12H22N2OS2/c1-12(2,10(13)16)11(15)14-8-4-6-9(17-3)7-5-8/h8-9H,4-7H2,1-3H3,(H2,13,16)(H,14,15). The zero-order valence-corrected chi connectivity index (χ0v) is 12.4. The molecule has 0 bridgehead atoms. The van der Waals surface area contributed by atoms with Gasteiger partial charge in [0.1, 0.15) is 0 Å². The zero-order chi connectivity index (χ0) is 13.1. The summed E-state index contributed by atoms with van der Waals surface area (Å²) in [5.41, 5.74) is 4.84. The quantitative estimate of drug-likeness (QED) is 0.771. The van der Waals surface area contributed by atoms with Crippen molar-refractivity contribution in [3.63, 3.8) is 0 Å². The summed E-state index contributed by atoms with van der Waals surface area (Å²) in [7, 11) is 0. The number of nitrogens with one attached hydrogen (secondary N) is 1. The van der Waals surface area contributed by atoms with Crippen molar-refractivity contribution >= 4 is 34.9 Å². The van der Waals surface area contributed by atoms with Crippen LogP contribution in [-0.4, -0.2) is 28.4 Å². The van der Waals surface area contributed by atoms with Gasteiger partial charge in [0, 0.05) is 11.3 Å². The zero-order valence-electron chi connectivity index (χ0n) is 10.8. The van der Waals surface area contributed by atoms with Gasteiger partial charge in [-0.05, 0) is 45.8 Å². The molecule has 1 amide bonds. The number of rotatable bonds is 4. The van der Waals surface area contributed by atoms with Gasteiger partial charge < -0.3 is 11.1 Å². The van der Waals surface area contributed by atoms with E-state index in [1.54, 1.807) is 13.8 Å². The molecule has 1 rings (SSSR count). The van der Waals surface area contributed by atoms with Crippen LogP contribution in [0.25, 0.3) is 0 Å². The summed E-state index contributed by atoms with van der Waals surface area (Å²) in [5, 5.41) is 3.83. The summed E-state index contributed by atoms with van der Waals surface area (Å²) in [6.45, 7) is 3.55. The first kappa shape index (κ1) is 14.8. The summed E-state index contributed by atoms with van der Waals surface area (Å²) < 4.78 is 0. The molecule has 17 heavy (non-hydrogen) atoms. The van der Waals surface area contributed by atoms with Crippen molar-refractivity contribution in [3.8, 4) is 0 Å². The summed E-state index contributed by atoms with van der Waals surface area (Å²) >= 11 is 6.85. The maximum atomic E-state index is 12.0. The van der Waals surface area contributed by atoms with E-state index in [1.807, 2.05) is 11.8 Å². The molecule has 1 aliphatic carbocycles. The Kier molecular flexibility index (Phi) is 5.25. The van der Waals surface area contributed by atoms with Gasteiger partial charge in [-0.2, -0.15) is 11.8 Å². The van der Waals surface area contributed by atoms with Crippen molar-refractivity contribution in [3.05, 3.63) is 0 Å². The van der Waals surface area contributed by atoms with E-state index in [4.69, 9.17) is 18.0 Å². The Morgan fingerprint density at radius 2 is 1.88 bits per heavy atom. The molecular weight excluding hydrogens is 252 g/mol. The van der Waals surface area contributed by atoms with E-state index in [1.165, 1.54) is 12.8 Å². The second-order valence-electron chi connectivity index (χ2n) is 5.17. The van der Waals surface area contributed by atoms with Crippen molar-refractivity contribution in [1.29, 1.82) is 0 Å². The highest BCUT2D eigenvalue weighted by Gasteiger charge is 2.33. The molecule has 0 unspecified atom stereocenters. The topological polar surface area (TPSA) is 55.1 Å². The lowest BCUT2D eigenvalue weighted by atomic mass is 9.89. The van der Waals surface area contributed by atoms with Crippen molar-refractivity contribution < 1.29 is 4.79 Å². The molecule has 1 fully saturated rings. The SMILES string of the molecule is CSC1CCC(NC(=O)C(C)(C)C(N)=S)CC1. The molecule has 0 spiro atoms. The molecule has 3 nitrogen and oxygen atoms in total. The van der Waals surface area contributed by atoms with Crippen LogP contribution in [0.5, 0.6) is 0 Å². The lowest BCUT2D eigenvalue weighted by molar-refractivity contribution is -0.127. The van der Waals surface area contributed by atoms with Crippen LogP contribution >= 0.6 is 24.0 Å². The molecule has 0 radical (unpaired) electrons. The van der Waals surface area contributed by atoms with Crippen molar-refractivity contribution in [2.24, 2.45) is 11.1 Å². The van der Waals surface area contributed by atoms with Gasteiger partial charge >= 0.3 is 0 Å². The van der Waals surface area contributed by atoms with Gasteiger partial charge in [-0.3, -0.25) is 4.79 Å². The molecule has 0 aromatic carbocycles. The van der Waals surface area contributed by atoms with E-state index in [9.17, 15) is 4.79 Å². The average Bonchev–Trinajstić information content (AvgIpc) is 2.29. The van der Waals surface area contributed by atoms with Crippen LogP contribution in [0.1, 0.15) is 39.5 Å². The Bertz CT molecular complexity index is 297. The Morgan fingerprint density at radius 3 is 2.29 bits per heavy atom. The number of carbonyl (C=O) groups excluding carboxylic acids is 1.